The molecule has 0 aromatic heterocycles. The maximum atomic E-state index is 12.9. The summed E-state index contributed by atoms with van der Waals surface area (Å²) in [4.78, 5) is 24.8. The number of carbonyl (C=O) groups excluding carboxylic acids is 2. The minimum atomic E-state index is -0.287. The standard InChI is InChI=1S/C18H32N2O3/c1-3-23-16(21)14-7-6-8-15(11-14)20-17(22)18(12-13(2)19)9-4-5-10-18/h13-15H,3-12,19H2,1-2H3,(H,20,22)/t13?,14-,15+/m1/s1. The van der Waals surface area contributed by atoms with Crippen molar-refractivity contribution < 1.29 is 14.3 Å². The van der Waals surface area contributed by atoms with E-state index in [0.717, 1.165) is 51.4 Å². The van der Waals surface area contributed by atoms with Gasteiger partial charge in [0.25, 0.3) is 0 Å². The zero-order valence-corrected chi connectivity index (χ0v) is 14.6. The fourth-order valence-corrected chi connectivity index (χ4v) is 4.33. The summed E-state index contributed by atoms with van der Waals surface area (Å²) >= 11 is 0. The van der Waals surface area contributed by atoms with Gasteiger partial charge in [-0.05, 0) is 52.4 Å². The third-order valence-corrected chi connectivity index (χ3v) is 5.38. The highest BCUT2D eigenvalue weighted by Crippen LogP contribution is 2.42. The summed E-state index contributed by atoms with van der Waals surface area (Å²) < 4.78 is 5.14. The molecule has 1 unspecified atom stereocenters. The van der Waals surface area contributed by atoms with Crippen molar-refractivity contribution in [3.8, 4) is 0 Å². The van der Waals surface area contributed by atoms with E-state index in [0.29, 0.717) is 13.0 Å². The summed E-state index contributed by atoms with van der Waals surface area (Å²) in [5, 5.41) is 3.23. The second kappa shape index (κ2) is 8.13. The second-order valence-corrected chi connectivity index (χ2v) is 7.45. The summed E-state index contributed by atoms with van der Waals surface area (Å²) in [6.07, 6.45) is 8.35. The Kier molecular flexibility index (Phi) is 6.45. The minimum Gasteiger partial charge on any atom is -0.466 e. The van der Waals surface area contributed by atoms with Gasteiger partial charge >= 0.3 is 5.97 Å². The van der Waals surface area contributed by atoms with Crippen LogP contribution >= 0.6 is 0 Å². The molecule has 0 bridgehead atoms. The van der Waals surface area contributed by atoms with Gasteiger partial charge in [-0.2, -0.15) is 0 Å². The van der Waals surface area contributed by atoms with E-state index in [1.54, 1.807) is 0 Å². The molecular weight excluding hydrogens is 292 g/mol. The molecule has 2 rings (SSSR count). The maximum absolute atomic E-state index is 12.9. The predicted molar refractivity (Wildman–Crippen MR) is 89.7 cm³/mol. The Balaban J connectivity index is 1.94. The highest BCUT2D eigenvalue weighted by molar-refractivity contribution is 5.83. The molecule has 0 spiro atoms. The van der Waals surface area contributed by atoms with Crippen LogP contribution in [0.1, 0.15) is 71.6 Å². The predicted octanol–water partition coefficient (Wildman–Crippen LogP) is 2.52. The van der Waals surface area contributed by atoms with Gasteiger partial charge < -0.3 is 15.8 Å². The lowest BCUT2D eigenvalue weighted by Gasteiger charge is -2.34. The van der Waals surface area contributed by atoms with Crippen LogP contribution in [0.2, 0.25) is 0 Å². The van der Waals surface area contributed by atoms with Crippen LogP contribution in [-0.2, 0) is 14.3 Å². The molecule has 2 saturated carbocycles. The first-order chi connectivity index (χ1) is 11.0. The Morgan fingerprint density at radius 1 is 1.26 bits per heavy atom. The second-order valence-electron chi connectivity index (χ2n) is 7.45. The van der Waals surface area contributed by atoms with Gasteiger partial charge in [-0.3, -0.25) is 9.59 Å². The third-order valence-electron chi connectivity index (χ3n) is 5.38. The Morgan fingerprint density at radius 3 is 2.57 bits per heavy atom. The van der Waals surface area contributed by atoms with Crippen LogP contribution in [0.15, 0.2) is 0 Å². The van der Waals surface area contributed by atoms with Crippen LogP contribution in [0.5, 0.6) is 0 Å². The van der Waals surface area contributed by atoms with E-state index in [9.17, 15) is 9.59 Å². The molecule has 2 fully saturated rings. The fourth-order valence-electron chi connectivity index (χ4n) is 4.33. The van der Waals surface area contributed by atoms with Gasteiger partial charge in [-0.1, -0.05) is 19.3 Å². The van der Waals surface area contributed by atoms with Crippen molar-refractivity contribution >= 4 is 11.9 Å². The van der Waals surface area contributed by atoms with Gasteiger partial charge in [-0.15, -0.1) is 0 Å². The van der Waals surface area contributed by atoms with E-state index in [1.165, 1.54) is 0 Å². The SMILES string of the molecule is CCOC(=O)[C@@H]1CCC[C@H](NC(=O)C2(CC(C)N)CCCC2)C1. The number of esters is 1. The largest absolute Gasteiger partial charge is 0.466 e. The summed E-state index contributed by atoms with van der Waals surface area (Å²) in [6, 6.07) is 0.133. The smallest absolute Gasteiger partial charge is 0.308 e. The highest BCUT2D eigenvalue weighted by Gasteiger charge is 2.42. The Hall–Kier alpha value is -1.10. The minimum absolute atomic E-state index is 0.0393. The molecule has 3 N–H and O–H groups in total. The lowest BCUT2D eigenvalue weighted by Crippen LogP contribution is -2.48. The van der Waals surface area contributed by atoms with Crippen LogP contribution < -0.4 is 11.1 Å². The summed E-state index contributed by atoms with van der Waals surface area (Å²) in [7, 11) is 0. The molecule has 0 aromatic carbocycles. The van der Waals surface area contributed by atoms with Gasteiger partial charge in [-0.25, -0.2) is 0 Å². The Morgan fingerprint density at radius 2 is 1.96 bits per heavy atom. The van der Waals surface area contributed by atoms with Crippen LogP contribution in [-0.4, -0.2) is 30.6 Å². The molecule has 0 heterocycles. The zero-order chi connectivity index (χ0) is 16.9. The van der Waals surface area contributed by atoms with E-state index in [1.807, 2.05) is 13.8 Å². The van der Waals surface area contributed by atoms with Crippen LogP contribution in [0.25, 0.3) is 0 Å². The summed E-state index contributed by atoms with van der Waals surface area (Å²) in [5.74, 6) is -0.0265. The lowest BCUT2D eigenvalue weighted by molar-refractivity contribution is -0.150. The molecule has 0 radical (unpaired) electrons. The van der Waals surface area contributed by atoms with Crippen molar-refractivity contribution in [2.45, 2.75) is 83.7 Å². The number of rotatable bonds is 6. The maximum Gasteiger partial charge on any atom is 0.308 e. The monoisotopic (exact) mass is 324 g/mol. The normalized spacial score (nSPS) is 28.1. The third kappa shape index (κ3) is 4.69. The number of nitrogens with two attached hydrogens (primary N) is 1. The van der Waals surface area contributed by atoms with E-state index in [4.69, 9.17) is 10.5 Å². The number of nitrogens with one attached hydrogen (secondary N) is 1. The fraction of sp³-hybridized carbons (Fsp3) is 0.889. The highest BCUT2D eigenvalue weighted by atomic mass is 16.5. The molecule has 3 atom stereocenters. The van der Waals surface area contributed by atoms with E-state index < -0.39 is 0 Å². The first-order valence-electron chi connectivity index (χ1n) is 9.20. The number of amides is 1. The number of carbonyl (C=O) groups is 2. The average Bonchev–Trinajstić information content (AvgIpc) is 2.97. The average molecular weight is 324 g/mol. The Labute approximate surface area is 139 Å². The van der Waals surface area contributed by atoms with Crippen LogP contribution in [0.4, 0.5) is 0 Å². The molecular formula is C18H32N2O3. The van der Waals surface area contributed by atoms with Gasteiger partial charge in [0.05, 0.1) is 17.9 Å². The van der Waals surface area contributed by atoms with E-state index in [2.05, 4.69) is 5.32 Å². The molecule has 0 aromatic rings. The van der Waals surface area contributed by atoms with Crippen molar-refractivity contribution in [3.05, 3.63) is 0 Å². The molecule has 0 saturated heterocycles. The summed E-state index contributed by atoms with van der Waals surface area (Å²) in [5.41, 5.74) is 5.70. The first-order valence-corrected chi connectivity index (χ1v) is 9.20. The lowest BCUT2D eigenvalue weighted by atomic mass is 9.78. The van der Waals surface area contributed by atoms with Gasteiger partial charge in [0, 0.05) is 12.1 Å². The van der Waals surface area contributed by atoms with Crippen molar-refractivity contribution in [2.75, 3.05) is 6.61 Å². The van der Waals surface area contributed by atoms with Crippen molar-refractivity contribution in [2.24, 2.45) is 17.1 Å². The quantitative estimate of drug-likeness (QED) is 0.736. The number of hydrogen-bond acceptors (Lipinski definition) is 4. The molecule has 2 aliphatic carbocycles. The van der Waals surface area contributed by atoms with Gasteiger partial charge in [0.1, 0.15) is 0 Å². The van der Waals surface area contributed by atoms with Crippen molar-refractivity contribution in [3.63, 3.8) is 0 Å². The number of hydrogen-bond donors (Lipinski definition) is 2. The van der Waals surface area contributed by atoms with Crippen molar-refractivity contribution in [1.82, 2.24) is 5.32 Å². The Bertz CT molecular complexity index is 416. The van der Waals surface area contributed by atoms with Gasteiger partial charge in [0.2, 0.25) is 5.91 Å². The van der Waals surface area contributed by atoms with Crippen molar-refractivity contribution in [1.29, 1.82) is 0 Å². The molecule has 5 nitrogen and oxygen atoms in total. The molecule has 23 heavy (non-hydrogen) atoms. The molecule has 132 valence electrons. The van der Waals surface area contributed by atoms with Crippen LogP contribution in [0.3, 0.4) is 0 Å². The van der Waals surface area contributed by atoms with Gasteiger partial charge in [0.15, 0.2) is 0 Å². The first kappa shape index (κ1) is 18.2. The molecule has 1 amide bonds. The molecule has 0 aliphatic heterocycles. The summed E-state index contributed by atoms with van der Waals surface area (Å²) in [6.45, 7) is 4.23. The topological polar surface area (TPSA) is 81.4 Å². The van der Waals surface area contributed by atoms with Crippen LogP contribution in [0, 0.1) is 11.3 Å². The zero-order valence-electron chi connectivity index (χ0n) is 14.6. The number of ether oxygens (including phenoxy) is 1. The van der Waals surface area contributed by atoms with E-state index >= 15 is 0 Å². The van der Waals surface area contributed by atoms with E-state index in [-0.39, 0.29) is 35.3 Å². The molecule has 2 aliphatic rings. The molecule has 5 heteroatoms.